The second-order valence-corrected chi connectivity index (χ2v) is 3.29. The van der Waals surface area contributed by atoms with Crippen LogP contribution in [-0.4, -0.2) is 21.7 Å². The molecular formula is C10H11N3O4. The van der Waals surface area contributed by atoms with Gasteiger partial charge in [-0.15, -0.1) is 0 Å². The fourth-order valence-corrected chi connectivity index (χ4v) is 1.17. The van der Waals surface area contributed by atoms with Gasteiger partial charge in [-0.25, -0.2) is 0 Å². The number of aromatic nitrogens is 1. The van der Waals surface area contributed by atoms with Crippen LogP contribution in [0.3, 0.4) is 0 Å². The van der Waals surface area contributed by atoms with Gasteiger partial charge in [0.05, 0.1) is 5.56 Å². The number of amides is 2. The number of nitrogens with one attached hydrogen (secondary N) is 1. The van der Waals surface area contributed by atoms with Crippen molar-refractivity contribution in [3.63, 3.8) is 0 Å². The molecule has 0 saturated carbocycles. The van der Waals surface area contributed by atoms with E-state index in [1.165, 1.54) is 13.0 Å². The molecule has 0 aliphatic rings. The highest BCUT2D eigenvalue weighted by molar-refractivity contribution is 6.05. The van der Waals surface area contributed by atoms with Crippen LogP contribution in [0, 0.1) is 17.0 Å². The Morgan fingerprint density at radius 3 is 2.59 bits per heavy atom. The monoisotopic (exact) mass is 237 g/mol. The van der Waals surface area contributed by atoms with Crippen LogP contribution in [0.4, 0.5) is 5.82 Å². The first-order chi connectivity index (χ1) is 7.95. The molecule has 1 N–H and O–H groups in total. The Bertz CT molecular complexity index is 484. The minimum Gasteiger partial charge on any atom is -0.358 e. The first kappa shape index (κ1) is 12.8. The van der Waals surface area contributed by atoms with E-state index in [9.17, 15) is 19.7 Å². The van der Waals surface area contributed by atoms with E-state index in [0.717, 1.165) is 6.07 Å². The zero-order valence-electron chi connectivity index (χ0n) is 9.39. The van der Waals surface area contributed by atoms with Crippen molar-refractivity contribution in [2.24, 2.45) is 0 Å². The first-order valence-electron chi connectivity index (χ1n) is 4.92. The van der Waals surface area contributed by atoms with Gasteiger partial charge in [-0.2, -0.15) is 0 Å². The molecule has 7 heteroatoms. The lowest BCUT2D eigenvalue weighted by Crippen LogP contribution is -2.30. The molecule has 1 aromatic heterocycles. The normalized spacial score (nSPS) is 9.76. The highest BCUT2D eigenvalue weighted by Crippen LogP contribution is 2.12. The molecule has 0 radical (unpaired) electrons. The number of nitro groups is 1. The summed E-state index contributed by atoms with van der Waals surface area (Å²) in [6.45, 7) is 3.09. The van der Waals surface area contributed by atoms with Crippen molar-refractivity contribution in [3.05, 3.63) is 33.5 Å². The van der Waals surface area contributed by atoms with Gasteiger partial charge in [-0.05, 0) is 16.0 Å². The van der Waals surface area contributed by atoms with Gasteiger partial charge in [-0.1, -0.05) is 6.92 Å². The minimum atomic E-state index is -0.647. The van der Waals surface area contributed by atoms with E-state index in [-0.39, 0.29) is 23.5 Å². The largest absolute Gasteiger partial charge is 0.363 e. The molecule has 0 aromatic carbocycles. The predicted molar refractivity (Wildman–Crippen MR) is 58.4 cm³/mol. The number of rotatable bonds is 3. The molecule has 7 nitrogen and oxygen atoms in total. The number of hydrogen-bond donors (Lipinski definition) is 1. The molecule has 1 rings (SSSR count). The topological polar surface area (TPSA) is 102 Å². The average Bonchev–Trinajstić information content (AvgIpc) is 2.28. The number of imide groups is 1. The molecule has 1 heterocycles. The van der Waals surface area contributed by atoms with Crippen molar-refractivity contribution in [1.29, 1.82) is 0 Å². The van der Waals surface area contributed by atoms with Crippen molar-refractivity contribution in [1.82, 2.24) is 10.3 Å². The maximum atomic E-state index is 11.6. The van der Waals surface area contributed by atoms with E-state index in [2.05, 4.69) is 10.3 Å². The number of pyridine rings is 1. The molecule has 90 valence electrons. The molecule has 0 unspecified atom stereocenters. The Morgan fingerprint density at radius 2 is 2.12 bits per heavy atom. The number of nitrogens with zero attached hydrogens (tertiary/aromatic N) is 2. The van der Waals surface area contributed by atoms with Gasteiger partial charge in [-0.3, -0.25) is 14.9 Å². The summed E-state index contributed by atoms with van der Waals surface area (Å²) < 4.78 is 0. The lowest BCUT2D eigenvalue weighted by molar-refractivity contribution is -0.389. The van der Waals surface area contributed by atoms with E-state index in [1.54, 1.807) is 6.92 Å². The van der Waals surface area contributed by atoms with Crippen LogP contribution in [0.2, 0.25) is 0 Å². The molecule has 2 amide bonds. The number of aryl methyl sites for hydroxylation is 1. The Labute approximate surface area is 97.0 Å². The summed E-state index contributed by atoms with van der Waals surface area (Å²) in [5.74, 6) is -1.34. The van der Waals surface area contributed by atoms with E-state index >= 15 is 0 Å². The van der Waals surface area contributed by atoms with Crippen LogP contribution in [0.25, 0.3) is 0 Å². The van der Waals surface area contributed by atoms with Gasteiger partial charge < -0.3 is 10.1 Å². The maximum Gasteiger partial charge on any atom is 0.363 e. The highest BCUT2D eigenvalue weighted by atomic mass is 16.6. The zero-order valence-corrected chi connectivity index (χ0v) is 9.39. The molecule has 0 bridgehead atoms. The lowest BCUT2D eigenvalue weighted by Gasteiger charge is -2.02. The van der Waals surface area contributed by atoms with Crippen molar-refractivity contribution < 1.29 is 14.5 Å². The molecule has 0 spiro atoms. The van der Waals surface area contributed by atoms with E-state index in [4.69, 9.17) is 0 Å². The Hall–Kier alpha value is -2.31. The van der Waals surface area contributed by atoms with Gasteiger partial charge in [0.1, 0.15) is 0 Å². The van der Waals surface area contributed by atoms with Crippen molar-refractivity contribution in [3.8, 4) is 0 Å². The second kappa shape index (κ2) is 5.15. The van der Waals surface area contributed by atoms with Crippen LogP contribution >= 0.6 is 0 Å². The molecule has 0 fully saturated rings. The third-order valence-corrected chi connectivity index (χ3v) is 2.08. The fourth-order valence-electron chi connectivity index (χ4n) is 1.17. The number of carbonyl (C=O) groups is 2. The van der Waals surface area contributed by atoms with Gasteiger partial charge >= 0.3 is 5.82 Å². The zero-order chi connectivity index (χ0) is 13.0. The molecule has 0 aliphatic carbocycles. The predicted octanol–water partition coefficient (Wildman–Crippen LogP) is 0.965. The van der Waals surface area contributed by atoms with Gasteiger partial charge in [0.2, 0.25) is 5.91 Å². The SMILES string of the molecule is CCC(=O)NC(=O)c1ccc([N+](=O)[O-])nc1C. The standard InChI is InChI=1S/C10H11N3O4/c1-3-9(14)12-10(15)7-4-5-8(13(16)17)11-6(7)2/h4-5H,3H2,1-2H3,(H,12,14,15). The molecule has 0 saturated heterocycles. The summed E-state index contributed by atoms with van der Waals surface area (Å²) in [5.41, 5.74) is 0.359. The summed E-state index contributed by atoms with van der Waals surface area (Å²) in [6.07, 6.45) is 0.186. The van der Waals surface area contributed by atoms with E-state index < -0.39 is 16.7 Å². The first-order valence-corrected chi connectivity index (χ1v) is 4.92. The van der Waals surface area contributed by atoms with Crippen molar-refractivity contribution >= 4 is 17.6 Å². The molecule has 1 aromatic rings. The Balaban J connectivity index is 2.96. The molecule has 17 heavy (non-hydrogen) atoms. The van der Waals surface area contributed by atoms with Crippen molar-refractivity contribution in [2.45, 2.75) is 20.3 Å². The summed E-state index contributed by atoms with van der Waals surface area (Å²) in [4.78, 5) is 36.1. The molecular weight excluding hydrogens is 226 g/mol. The van der Waals surface area contributed by atoms with Gasteiger partial charge in [0.25, 0.3) is 5.91 Å². The lowest BCUT2D eigenvalue weighted by atomic mass is 10.2. The van der Waals surface area contributed by atoms with Crippen LogP contribution in [0.5, 0.6) is 0 Å². The Kier molecular flexibility index (Phi) is 3.86. The average molecular weight is 237 g/mol. The highest BCUT2D eigenvalue weighted by Gasteiger charge is 2.18. The molecule has 0 atom stereocenters. The summed E-state index contributed by atoms with van der Waals surface area (Å²) in [5, 5.41) is 12.6. The summed E-state index contributed by atoms with van der Waals surface area (Å²) in [6, 6.07) is 2.40. The van der Waals surface area contributed by atoms with E-state index in [0.29, 0.717) is 0 Å². The quantitative estimate of drug-likeness (QED) is 0.623. The smallest absolute Gasteiger partial charge is 0.358 e. The Morgan fingerprint density at radius 1 is 1.47 bits per heavy atom. The molecule has 0 aliphatic heterocycles. The van der Waals surface area contributed by atoms with Crippen LogP contribution in [0.15, 0.2) is 12.1 Å². The second-order valence-electron chi connectivity index (χ2n) is 3.29. The van der Waals surface area contributed by atoms with Crippen molar-refractivity contribution in [2.75, 3.05) is 0 Å². The number of carbonyl (C=O) groups excluding carboxylic acids is 2. The minimum absolute atomic E-state index is 0.150. The van der Waals surface area contributed by atoms with Crippen LogP contribution in [-0.2, 0) is 4.79 Å². The van der Waals surface area contributed by atoms with Crippen LogP contribution < -0.4 is 5.32 Å². The third kappa shape index (κ3) is 3.07. The summed E-state index contributed by atoms with van der Waals surface area (Å²) >= 11 is 0. The third-order valence-electron chi connectivity index (χ3n) is 2.08. The summed E-state index contributed by atoms with van der Waals surface area (Å²) in [7, 11) is 0. The fraction of sp³-hybridized carbons (Fsp3) is 0.300. The van der Waals surface area contributed by atoms with E-state index in [1.807, 2.05) is 0 Å². The maximum absolute atomic E-state index is 11.6. The van der Waals surface area contributed by atoms with Gasteiger partial charge in [0, 0.05) is 19.4 Å². The number of hydrogen-bond acceptors (Lipinski definition) is 5. The van der Waals surface area contributed by atoms with Crippen LogP contribution in [0.1, 0.15) is 29.4 Å². The van der Waals surface area contributed by atoms with Gasteiger partial charge in [0.15, 0.2) is 5.69 Å².